The first-order valence-corrected chi connectivity index (χ1v) is 11.6. The van der Waals surface area contributed by atoms with Crippen LogP contribution in [-0.4, -0.2) is 40.4 Å². The number of fused-ring (bicyclic) bond motifs is 4. The third kappa shape index (κ3) is 2.66. The molecule has 0 unspecified atom stereocenters. The maximum atomic E-state index is 13.8. The van der Waals surface area contributed by atoms with Crippen molar-refractivity contribution >= 4 is 23.4 Å². The molecule has 1 aromatic rings. The zero-order valence-corrected chi connectivity index (χ0v) is 19.6. The number of allylic oxidation sites excluding steroid dienone is 4. The average molecular weight is 448 g/mol. The molecule has 6 nitrogen and oxygen atoms in total. The van der Waals surface area contributed by atoms with Gasteiger partial charge in [0.05, 0.1) is 17.3 Å². The molecule has 0 aromatic heterocycles. The van der Waals surface area contributed by atoms with E-state index in [0.29, 0.717) is 29.6 Å². The summed E-state index contributed by atoms with van der Waals surface area (Å²) < 4.78 is 0. The lowest BCUT2D eigenvalue weighted by Crippen LogP contribution is -2.55. The van der Waals surface area contributed by atoms with Crippen LogP contribution >= 0.6 is 0 Å². The van der Waals surface area contributed by atoms with Gasteiger partial charge in [-0.2, -0.15) is 0 Å². The molecule has 0 bridgehead atoms. The van der Waals surface area contributed by atoms with Crippen LogP contribution in [-0.2, 0) is 19.2 Å². The Balaban J connectivity index is 1.75. The van der Waals surface area contributed by atoms with Crippen LogP contribution in [0.15, 0.2) is 41.0 Å². The number of Topliss-reactive ketones (excluding diaryl/α,β-unsaturated/α-hetero) is 2. The summed E-state index contributed by atoms with van der Waals surface area (Å²) in [7, 11) is 1.53. The van der Waals surface area contributed by atoms with E-state index in [9.17, 15) is 24.3 Å². The van der Waals surface area contributed by atoms with Crippen LogP contribution in [0, 0.1) is 36.0 Å². The number of nitrogens with zero attached hydrogens (tertiary/aromatic N) is 1. The van der Waals surface area contributed by atoms with Crippen LogP contribution in [0.25, 0.3) is 0 Å². The molecule has 6 heteroatoms. The number of phenols is 1. The minimum Gasteiger partial charge on any atom is -0.508 e. The number of likely N-dealkylation sites (tertiary alicyclic amines) is 1. The number of imide groups is 1. The Hall–Kier alpha value is -3.02. The fourth-order valence-electron chi connectivity index (χ4n) is 6.98. The second-order valence-corrected chi connectivity index (χ2v) is 10.4. The van der Waals surface area contributed by atoms with E-state index in [4.69, 9.17) is 0 Å². The van der Waals surface area contributed by atoms with Crippen molar-refractivity contribution in [1.29, 1.82) is 0 Å². The van der Waals surface area contributed by atoms with Crippen LogP contribution < -0.4 is 0 Å². The molecule has 2 fully saturated rings. The Labute approximate surface area is 193 Å². The molecule has 4 aliphatic rings. The molecule has 0 spiro atoms. The third-order valence-electron chi connectivity index (χ3n) is 8.95. The van der Waals surface area contributed by atoms with Gasteiger partial charge >= 0.3 is 0 Å². The number of rotatable bonds is 1. The standard InChI is InChI=1S/C27H29NO5/c1-12-10-15(6-9-20(12)29)22-16-7-8-17-21(26(33)28(5)25(17)32)18(16)11-19-23(30)13(2)14(3)24(31)27(19,22)4/h6-7,9-10,17-19,21-22,29H,8,11H2,1-5H3/t17-,18+,19-,21-,22-,27+/m0/s1. The van der Waals surface area contributed by atoms with E-state index < -0.39 is 29.1 Å². The minimum absolute atomic E-state index is 0.0345. The first-order valence-electron chi connectivity index (χ1n) is 11.6. The van der Waals surface area contributed by atoms with Gasteiger partial charge in [0.25, 0.3) is 0 Å². The van der Waals surface area contributed by atoms with Crippen molar-refractivity contribution in [3.63, 3.8) is 0 Å². The van der Waals surface area contributed by atoms with Crippen molar-refractivity contribution in [3.05, 3.63) is 52.1 Å². The van der Waals surface area contributed by atoms with Crippen LogP contribution in [0.5, 0.6) is 5.75 Å². The highest BCUT2D eigenvalue weighted by molar-refractivity contribution is 6.16. The van der Waals surface area contributed by atoms with E-state index in [0.717, 1.165) is 11.1 Å². The molecule has 1 heterocycles. The first kappa shape index (κ1) is 21.8. The number of benzene rings is 1. The molecular weight excluding hydrogens is 418 g/mol. The van der Waals surface area contributed by atoms with E-state index in [2.05, 4.69) is 0 Å². The Kier molecular flexibility index (Phi) is 4.62. The Morgan fingerprint density at radius 1 is 1.00 bits per heavy atom. The van der Waals surface area contributed by atoms with Crippen LogP contribution in [0.2, 0.25) is 0 Å². The van der Waals surface area contributed by atoms with Crippen molar-refractivity contribution in [2.24, 2.45) is 29.1 Å². The molecule has 172 valence electrons. The Morgan fingerprint density at radius 2 is 1.70 bits per heavy atom. The number of ketones is 2. The molecule has 1 saturated carbocycles. The summed E-state index contributed by atoms with van der Waals surface area (Å²) in [5, 5.41) is 10.1. The van der Waals surface area contributed by atoms with Gasteiger partial charge in [0.15, 0.2) is 11.6 Å². The van der Waals surface area contributed by atoms with Crippen LogP contribution in [0.4, 0.5) is 0 Å². The molecule has 1 saturated heterocycles. The number of hydrogen-bond donors (Lipinski definition) is 1. The molecule has 2 amide bonds. The van der Waals surface area contributed by atoms with Crippen molar-refractivity contribution in [1.82, 2.24) is 4.90 Å². The van der Waals surface area contributed by atoms with Crippen molar-refractivity contribution in [3.8, 4) is 5.75 Å². The molecular formula is C27H29NO5. The van der Waals surface area contributed by atoms with Crippen molar-refractivity contribution in [2.75, 3.05) is 7.05 Å². The van der Waals surface area contributed by atoms with Gasteiger partial charge in [0, 0.05) is 18.9 Å². The van der Waals surface area contributed by atoms with E-state index in [1.807, 2.05) is 32.1 Å². The molecule has 1 aromatic carbocycles. The molecule has 5 rings (SSSR count). The van der Waals surface area contributed by atoms with Gasteiger partial charge in [0.2, 0.25) is 11.8 Å². The van der Waals surface area contributed by atoms with Crippen molar-refractivity contribution < 1.29 is 24.3 Å². The van der Waals surface area contributed by atoms with Crippen LogP contribution in [0.1, 0.15) is 50.7 Å². The fraction of sp³-hybridized carbons (Fsp3) is 0.481. The van der Waals surface area contributed by atoms with Crippen molar-refractivity contribution in [2.45, 2.75) is 46.5 Å². The van der Waals surface area contributed by atoms with E-state index in [1.54, 1.807) is 19.9 Å². The number of carbonyl (C=O) groups is 4. The summed E-state index contributed by atoms with van der Waals surface area (Å²) in [5.41, 5.74) is 2.52. The second kappa shape index (κ2) is 6.99. The predicted molar refractivity (Wildman–Crippen MR) is 121 cm³/mol. The van der Waals surface area contributed by atoms with E-state index in [1.165, 1.54) is 11.9 Å². The number of carbonyl (C=O) groups excluding carboxylic acids is 4. The summed E-state index contributed by atoms with van der Waals surface area (Å²) in [6, 6.07) is 5.32. The summed E-state index contributed by atoms with van der Waals surface area (Å²) >= 11 is 0. The topological polar surface area (TPSA) is 91.8 Å². The quantitative estimate of drug-likeness (QED) is 0.526. The highest BCUT2D eigenvalue weighted by Crippen LogP contribution is 2.63. The predicted octanol–water partition coefficient (Wildman–Crippen LogP) is 3.48. The fourth-order valence-corrected chi connectivity index (χ4v) is 6.98. The van der Waals surface area contributed by atoms with E-state index >= 15 is 0 Å². The smallest absolute Gasteiger partial charge is 0.233 e. The lowest BCUT2D eigenvalue weighted by molar-refractivity contribution is -0.142. The van der Waals surface area contributed by atoms with Gasteiger partial charge in [-0.15, -0.1) is 0 Å². The van der Waals surface area contributed by atoms with Gasteiger partial charge in [-0.05, 0) is 67.9 Å². The van der Waals surface area contributed by atoms with Crippen LogP contribution in [0.3, 0.4) is 0 Å². The normalized spacial score (nSPS) is 36.0. The molecule has 1 N–H and O–H groups in total. The molecule has 1 aliphatic heterocycles. The van der Waals surface area contributed by atoms with Gasteiger partial charge in [0.1, 0.15) is 5.75 Å². The number of amides is 2. The molecule has 6 atom stereocenters. The summed E-state index contributed by atoms with van der Waals surface area (Å²) in [6.07, 6.45) is 2.89. The molecule has 3 aliphatic carbocycles. The van der Waals surface area contributed by atoms with Gasteiger partial charge < -0.3 is 5.11 Å². The van der Waals surface area contributed by atoms with Gasteiger partial charge in [-0.25, -0.2) is 0 Å². The van der Waals surface area contributed by atoms with Gasteiger partial charge in [-0.3, -0.25) is 24.1 Å². The third-order valence-corrected chi connectivity index (χ3v) is 8.95. The summed E-state index contributed by atoms with van der Waals surface area (Å²) in [6.45, 7) is 7.13. The average Bonchev–Trinajstić information content (AvgIpc) is 3.01. The van der Waals surface area contributed by atoms with E-state index in [-0.39, 0.29) is 35.0 Å². The second-order valence-electron chi connectivity index (χ2n) is 10.4. The first-order chi connectivity index (χ1) is 15.5. The number of phenolic OH excluding ortho intramolecular Hbond substituents is 1. The highest BCUT2D eigenvalue weighted by Gasteiger charge is 2.63. The number of aromatic hydroxyl groups is 1. The van der Waals surface area contributed by atoms with Gasteiger partial charge in [-0.1, -0.05) is 30.7 Å². The molecule has 33 heavy (non-hydrogen) atoms. The Bertz CT molecular complexity index is 1210. The summed E-state index contributed by atoms with van der Waals surface area (Å²) in [5.74, 6) is -2.41. The lowest BCUT2D eigenvalue weighted by Gasteiger charge is -2.54. The maximum absolute atomic E-state index is 13.8. The SMILES string of the molecule is CC1=C(C)C(=O)[C@@]2(C)[C@@H](c3ccc(O)c(C)c3)C3=CC[C@@H]4C(=O)N(C)C(=O)[C@@H]4[C@@H]3C[C@H]2C1=O. The zero-order chi connectivity index (χ0) is 24.0. The number of hydrogen-bond acceptors (Lipinski definition) is 5. The largest absolute Gasteiger partial charge is 0.508 e. The molecule has 0 radical (unpaired) electrons. The Morgan fingerprint density at radius 3 is 2.36 bits per heavy atom. The lowest BCUT2D eigenvalue weighted by atomic mass is 9.46. The monoisotopic (exact) mass is 447 g/mol. The summed E-state index contributed by atoms with van der Waals surface area (Å²) in [4.78, 5) is 54.5. The maximum Gasteiger partial charge on any atom is 0.233 e. The minimum atomic E-state index is -0.989. The zero-order valence-electron chi connectivity index (χ0n) is 19.6. The number of aryl methyl sites for hydroxylation is 1. The highest BCUT2D eigenvalue weighted by atomic mass is 16.3.